The molecule has 0 saturated carbocycles. The Bertz CT molecular complexity index is 711. The summed E-state index contributed by atoms with van der Waals surface area (Å²) in [5.74, 6) is -0.734. The van der Waals surface area contributed by atoms with Gasteiger partial charge in [-0.05, 0) is 58.1 Å². The van der Waals surface area contributed by atoms with E-state index in [9.17, 15) is 9.59 Å². The highest BCUT2D eigenvalue weighted by molar-refractivity contribution is 5.80. The van der Waals surface area contributed by atoms with Crippen LogP contribution in [-0.4, -0.2) is 48.0 Å². The molecule has 1 aliphatic heterocycles. The molecule has 1 fully saturated rings. The average molecular weight is 375 g/mol. The Morgan fingerprint density at radius 2 is 1.93 bits per heavy atom. The van der Waals surface area contributed by atoms with E-state index >= 15 is 0 Å². The fourth-order valence-corrected chi connectivity index (χ4v) is 4.36. The third kappa shape index (κ3) is 3.68. The number of aryl methyl sites for hydroxylation is 1. The van der Waals surface area contributed by atoms with E-state index < -0.39 is 29.4 Å². The lowest BCUT2D eigenvalue weighted by Crippen LogP contribution is -2.54. The Morgan fingerprint density at radius 3 is 2.56 bits per heavy atom. The van der Waals surface area contributed by atoms with Gasteiger partial charge < -0.3 is 14.2 Å². The van der Waals surface area contributed by atoms with Gasteiger partial charge >= 0.3 is 12.1 Å². The molecule has 2 atom stereocenters. The number of fused-ring (bicyclic) bond motifs is 1. The minimum Gasteiger partial charge on any atom is -0.466 e. The van der Waals surface area contributed by atoms with Gasteiger partial charge in [0, 0.05) is 5.92 Å². The van der Waals surface area contributed by atoms with Gasteiger partial charge in [0.25, 0.3) is 0 Å². The van der Waals surface area contributed by atoms with Gasteiger partial charge in [0.2, 0.25) is 6.10 Å². The van der Waals surface area contributed by atoms with Crippen LogP contribution < -0.4 is 0 Å². The van der Waals surface area contributed by atoms with Crippen LogP contribution in [0.25, 0.3) is 0 Å². The van der Waals surface area contributed by atoms with E-state index in [-0.39, 0.29) is 5.92 Å². The molecule has 0 spiro atoms. The number of carbonyl (C=O) groups is 2. The Labute approximate surface area is 160 Å². The van der Waals surface area contributed by atoms with Crippen molar-refractivity contribution in [1.29, 1.82) is 0 Å². The molecule has 0 bridgehead atoms. The molecule has 3 rings (SSSR count). The molecule has 148 valence electrons. The van der Waals surface area contributed by atoms with Gasteiger partial charge in [-0.15, -0.1) is 0 Å². The second-order valence-corrected chi connectivity index (χ2v) is 8.41. The third-order valence-corrected chi connectivity index (χ3v) is 5.55. The standard InChI is InChI=1S/C21H29NO5/c1-20(2)13-26-21(3,4)22(20)19(24)27-17(18(23)25-5)16-12-8-10-14-9-6-7-11-15(14)16/h6-7,9,11,16-17H,8,10,12-13H2,1-5H3/t16-,17-/m0/s1. The fraction of sp³-hybridized carbons (Fsp3) is 0.619. The van der Waals surface area contributed by atoms with Crippen LogP contribution in [-0.2, 0) is 25.4 Å². The summed E-state index contributed by atoms with van der Waals surface area (Å²) in [6, 6.07) is 8.02. The molecule has 6 nitrogen and oxygen atoms in total. The molecule has 27 heavy (non-hydrogen) atoms. The van der Waals surface area contributed by atoms with Crippen LogP contribution in [0, 0.1) is 0 Å². The van der Waals surface area contributed by atoms with E-state index in [4.69, 9.17) is 14.2 Å². The van der Waals surface area contributed by atoms with E-state index in [0.29, 0.717) is 6.61 Å². The van der Waals surface area contributed by atoms with E-state index in [1.54, 1.807) is 4.90 Å². The molecule has 1 amide bonds. The van der Waals surface area contributed by atoms with Crippen molar-refractivity contribution in [2.24, 2.45) is 0 Å². The first kappa shape index (κ1) is 19.7. The molecule has 6 heteroatoms. The summed E-state index contributed by atoms with van der Waals surface area (Å²) in [6.45, 7) is 7.90. The summed E-state index contributed by atoms with van der Waals surface area (Å²) in [4.78, 5) is 27.2. The highest BCUT2D eigenvalue weighted by atomic mass is 16.6. The average Bonchev–Trinajstić information content (AvgIpc) is 2.86. The van der Waals surface area contributed by atoms with Gasteiger partial charge in [0.1, 0.15) is 5.72 Å². The van der Waals surface area contributed by atoms with Crippen molar-refractivity contribution >= 4 is 12.1 Å². The van der Waals surface area contributed by atoms with E-state index in [0.717, 1.165) is 24.8 Å². The molecule has 0 unspecified atom stereocenters. The van der Waals surface area contributed by atoms with Crippen molar-refractivity contribution in [2.45, 2.75) is 70.2 Å². The van der Waals surface area contributed by atoms with E-state index in [1.165, 1.54) is 12.7 Å². The number of hydrogen-bond acceptors (Lipinski definition) is 5. The molecule has 0 aromatic heterocycles. The van der Waals surface area contributed by atoms with E-state index in [1.807, 2.05) is 45.9 Å². The Hall–Kier alpha value is -2.08. The van der Waals surface area contributed by atoms with Crippen molar-refractivity contribution in [3.05, 3.63) is 35.4 Å². The molecular weight excluding hydrogens is 346 g/mol. The normalized spacial score (nSPS) is 24.0. The summed E-state index contributed by atoms with van der Waals surface area (Å²) >= 11 is 0. The molecule has 0 N–H and O–H groups in total. The highest BCUT2D eigenvalue weighted by Crippen LogP contribution is 2.38. The number of rotatable bonds is 3. The smallest absolute Gasteiger partial charge is 0.413 e. The third-order valence-electron chi connectivity index (χ3n) is 5.55. The zero-order valence-electron chi connectivity index (χ0n) is 16.8. The first-order valence-corrected chi connectivity index (χ1v) is 9.48. The van der Waals surface area contributed by atoms with Crippen molar-refractivity contribution in [3.8, 4) is 0 Å². The summed E-state index contributed by atoms with van der Waals surface area (Å²) < 4.78 is 16.5. The van der Waals surface area contributed by atoms with Gasteiger partial charge in [-0.1, -0.05) is 24.3 Å². The zero-order chi connectivity index (χ0) is 19.8. The molecule has 2 aliphatic rings. The van der Waals surface area contributed by atoms with Crippen molar-refractivity contribution in [2.75, 3.05) is 13.7 Å². The largest absolute Gasteiger partial charge is 0.466 e. The summed E-state index contributed by atoms with van der Waals surface area (Å²) in [7, 11) is 1.32. The lowest BCUT2D eigenvalue weighted by Gasteiger charge is -2.38. The van der Waals surface area contributed by atoms with Crippen molar-refractivity contribution in [3.63, 3.8) is 0 Å². The number of hydrogen-bond donors (Lipinski definition) is 0. The summed E-state index contributed by atoms with van der Waals surface area (Å²) in [5.41, 5.74) is 0.935. The molecule has 1 aliphatic carbocycles. The number of carbonyl (C=O) groups excluding carboxylic acids is 2. The Kier molecular flexibility index (Phi) is 5.21. The lowest BCUT2D eigenvalue weighted by atomic mass is 9.79. The van der Waals surface area contributed by atoms with Crippen LogP contribution in [0.3, 0.4) is 0 Å². The topological polar surface area (TPSA) is 65.1 Å². The van der Waals surface area contributed by atoms with Gasteiger partial charge in [-0.3, -0.25) is 4.90 Å². The Morgan fingerprint density at radius 1 is 1.22 bits per heavy atom. The quantitative estimate of drug-likeness (QED) is 0.755. The van der Waals surface area contributed by atoms with Crippen LogP contribution in [0.5, 0.6) is 0 Å². The second kappa shape index (κ2) is 7.15. The maximum Gasteiger partial charge on any atom is 0.413 e. The molecule has 0 radical (unpaired) electrons. The first-order valence-electron chi connectivity index (χ1n) is 9.48. The number of ether oxygens (including phenoxy) is 3. The minimum atomic E-state index is -0.976. The number of methoxy groups -OCH3 is 1. The highest BCUT2D eigenvalue weighted by Gasteiger charge is 2.51. The first-order chi connectivity index (χ1) is 12.7. The van der Waals surface area contributed by atoms with Crippen LogP contribution >= 0.6 is 0 Å². The van der Waals surface area contributed by atoms with E-state index in [2.05, 4.69) is 6.07 Å². The Balaban J connectivity index is 1.89. The number of nitrogens with zero attached hydrogens (tertiary/aromatic N) is 1. The molecule has 1 heterocycles. The van der Waals surface area contributed by atoms with Gasteiger partial charge in [0.15, 0.2) is 0 Å². The number of benzene rings is 1. The van der Waals surface area contributed by atoms with Crippen LogP contribution in [0.2, 0.25) is 0 Å². The van der Waals surface area contributed by atoms with Crippen molar-refractivity contribution < 1.29 is 23.8 Å². The predicted octanol–water partition coefficient (Wildman–Crippen LogP) is 3.63. The second-order valence-electron chi connectivity index (χ2n) is 8.41. The monoisotopic (exact) mass is 375 g/mol. The number of amides is 1. The maximum absolute atomic E-state index is 13.1. The summed E-state index contributed by atoms with van der Waals surface area (Å²) in [6.07, 6.45) is 1.15. The number of esters is 1. The SMILES string of the molecule is COC(=O)[C@@H](OC(=O)N1C(C)(C)COC1(C)C)[C@H]1CCCc2ccccc21. The zero-order valence-corrected chi connectivity index (χ0v) is 16.8. The molecule has 1 aromatic carbocycles. The fourth-order valence-electron chi connectivity index (χ4n) is 4.36. The lowest BCUT2D eigenvalue weighted by molar-refractivity contribution is -0.154. The van der Waals surface area contributed by atoms with Crippen LogP contribution in [0.15, 0.2) is 24.3 Å². The van der Waals surface area contributed by atoms with Crippen molar-refractivity contribution in [1.82, 2.24) is 4.90 Å². The predicted molar refractivity (Wildman–Crippen MR) is 100 cm³/mol. The van der Waals surface area contributed by atoms with Gasteiger partial charge in [0.05, 0.1) is 19.3 Å². The molecular formula is C21H29NO5. The molecule has 1 saturated heterocycles. The minimum absolute atomic E-state index is 0.207. The van der Waals surface area contributed by atoms with Gasteiger partial charge in [-0.2, -0.15) is 0 Å². The maximum atomic E-state index is 13.1. The molecule has 1 aromatic rings. The van der Waals surface area contributed by atoms with Crippen LogP contribution in [0.4, 0.5) is 4.79 Å². The summed E-state index contributed by atoms with van der Waals surface area (Å²) in [5, 5.41) is 0. The van der Waals surface area contributed by atoms with Gasteiger partial charge in [-0.25, -0.2) is 9.59 Å². The van der Waals surface area contributed by atoms with Crippen LogP contribution in [0.1, 0.15) is 57.6 Å².